The van der Waals surface area contributed by atoms with Crippen LogP contribution in [0.3, 0.4) is 0 Å². The van der Waals surface area contributed by atoms with E-state index in [1.165, 1.54) is 16.7 Å². The van der Waals surface area contributed by atoms with Crippen LogP contribution >= 0.6 is 11.8 Å². The molecule has 1 fully saturated rings. The Morgan fingerprint density at radius 2 is 1.94 bits per heavy atom. The van der Waals surface area contributed by atoms with Crippen molar-refractivity contribution in [1.29, 1.82) is 0 Å². The van der Waals surface area contributed by atoms with E-state index in [4.69, 9.17) is 0 Å². The lowest BCUT2D eigenvalue weighted by molar-refractivity contribution is -0.151. The maximum atomic E-state index is 13.3. The monoisotopic (exact) mass is 498 g/mol. The van der Waals surface area contributed by atoms with Gasteiger partial charge in [-0.3, -0.25) is 19.3 Å². The van der Waals surface area contributed by atoms with Crippen LogP contribution in [0.4, 0.5) is 0 Å². The average molecular weight is 499 g/mol. The molecule has 35 heavy (non-hydrogen) atoms. The van der Waals surface area contributed by atoms with Gasteiger partial charge in [0.2, 0.25) is 11.8 Å². The molecule has 3 atom stereocenters. The maximum Gasteiger partial charge on any atom is 0.352 e. The molecule has 2 aromatic rings. The summed E-state index contributed by atoms with van der Waals surface area (Å²) in [7, 11) is 0. The average Bonchev–Trinajstić information content (AvgIpc) is 3.29. The van der Waals surface area contributed by atoms with Crippen molar-refractivity contribution in [3.05, 3.63) is 59.1 Å². The third-order valence-electron chi connectivity index (χ3n) is 5.79. The van der Waals surface area contributed by atoms with Crippen LogP contribution in [0.5, 0.6) is 0 Å². The van der Waals surface area contributed by atoms with Crippen LogP contribution in [0.1, 0.15) is 44.1 Å². The summed E-state index contributed by atoms with van der Waals surface area (Å²) in [5, 5.41) is 22.4. The number of nitrogens with zero attached hydrogens (tertiary/aromatic N) is 4. The summed E-state index contributed by atoms with van der Waals surface area (Å²) in [5.41, 5.74) is 1.58. The van der Waals surface area contributed by atoms with Gasteiger partial charge in [0, 0.05) is 18.0 Å². The summed E-state index contributed by atoms with van der Waals surface area (Å²) in [6.45, 7) is 5.56. The van der Waals surface area contributed by atoms with E-state index in [-0.39, 0.29) is 18.2 Å². The van der Waals surface area contributed by atoms with Crippen molar-refractivity contribution < 1.29 is 24.3 Å². The van der Waals surface area contributed by atoms with Crippen LogP contribution in [0.15, 0.2) is 47.8 Å². The van der Waals surface area contributed by atoms with E-state index in [0.29, 0.717) is 22.6 Å². The van der Waals surface area contributed by atoms with Crippen molar-refractivity contribution in [2.75, 3.05) is 5.75 Å². The molecular weight excluding hydrogens is 472 g/mol. The van der Waals surface area contributed by atoms with Crippen molar-refractivity contribution in [1.82, 2.24) is 30.5 Å². The predicted octanol–water partition coefficient (Wildman–Crippen LogP) is 1.02. The third-order valence-corrected chi connectivity index (χ3v) is 7.21. The minimum Gasteiger partial charge on any atom is -0.477 e. The van der Waals surface area contributed by atoms with Gasteiger partial charge in [-0.1, -0.05) is 35.5 Å². The lowest BCUT2D eigenvalue weighted by Crippen LogP contribution is -2.71. The predicted molar refractivity (Wildman–Crippen MR) is 127 cm³/mol. The molecule has 0 saturated carbocycles. The van der Waals surface area contributed by atoms with Crippen LogP contribution in [-0.2, 0) is 25.6 Å². The molecule has 2 aliphatic heterocycles. The number of benzene rings is 1. The lowest BCUT2D eigenvalue weighted by atomic mass is 10.0. The smallest absolute Gasteiger partial charge is 0.352 e. The second-order valence-corrected chi connectivity index (χ2v) is 9.81. The van der Waals surface area contributed by atoms with E-state index in [1.54, 1.807) is 48.1 Å². The van der Waals surface area contributed by atoms with Crippen molar-refractivity contribution in [2.45, 2.75) is 50.7 Å². The zero-order valence-corrected chi connectivity index (χ0v) is 20.3. The van der Waals surface area contributed by atoms with Crippen LogP contribution in [0.2, 0.25) is 0 Å². The number of hydrogen-bond donors (Lipinski definition) is 3. The molecule has 1 aromatic heterocycles. The molecule has 3 amide bonds. The number of rotatable bonds is 8. The number of carboxylic acid groups (broad SMARTS) is 1. The van der Waals surface area contributed by atoms with E-state index < -0.39 is 41.1 Å². The van der Waals surface area contributed by atoms with Crippen LogP contribution in [0, 0.1) is 0 Å². The van der Waals surface area contributed by atoms with Gasteiger partial charge in [0.05, 0.1) is 12.1 Å². The zero-order chi connectivity index (χ0) is 25.3. The molecule has 2 aliphatic rings. The Bertz CT molecular complexity index is 1190. The summed E-state index contributed by atoms with van der Waals surface area (Å²) >= 11 is 1.39. The molecular formula is C23H26N6O5S. The summed E-state index contributed by atoms with van der Waals surface area (Å²) < 4.78 is 1.64. The molecule has 3 unspecified atom stereocenters. The van der Waals surface area contributed by atoms with Crippen LogP contribution in [0.25, 0.3) is 0 Å². The van der Waals surface area contributed by atoms with Gasteiger partial charge in [-0.15, -0.1) is 16.9 Å². The van der Waals surface area contributed by atoms with Gasteiger partial charge in [0.15, 0.2) is 0 Å². The first-order chi connectivity index (χ1) is 16.7. The number of thioether (sulfide) groups is 1. The molecule has 1 aromatic carbocycles. The zero-order valence-electron chi connectivity index (χ0n) is 19.5. The molecule has 0 bridgehead atoms. The van der Waals surface area contributed by atoms with Gasteiger partial charge in [-0.25, -0.2) is 9.48 Å². The number of nitrogens with one attached hydrogen (secondary N) is 2. The standard InChI is InChI=1S/C23H26N6O5S/c1-12(2)28-10-15(26-27-28)9-16(30)24-17(14-7-5-4-6-8-14)20(31)25-18-21(32)29-19(23(33)34)13(3)11-35-22(18)29/h4-8,10,12,17-18,22H,9,11H2,1-3H3,(H,24,30)(H,25,31)(H,33,34). The van der Waals surface area contributed by atoms with Gasteiger partial charge in [-0.05, 0) is 31.9 Å². The minimum atomic E-state index is -1.17. The quantitative estimate of drug-likeness (QED) is 0.457. The van der Waals surface area contributed by atoms with Crippen LogP contribution < -0.4 is 10.6 Å². The summed E-state index contributed by atoms with van der Waals surface area (Å²) in [6, 6.07) is 6.86. The van der Waals surface area contributed by atoms with E-state index in [1.807, 2.05) is 13.8 Å². The highest BCUT2D eigenvalue weighted by Gasteiger charge is 2.54. The van der Waals surface area contributed by atoms with Crippen molar-refractivity contribution >= 4 is 35.5 Å². The van der Waals surface area contributed by atoms with Crippen molar-refractivity contribution in [3.63, 3.8) is 0 Å². The topological polar surface area (TPSA) is 147 Å². The number of aliphatic carboxylic acids is 1. The highest BCUT2D eigenvalue weighted by atomic mass is 32.2. The Balaban J connectivity index is 1.48. The highest BCUT2D eigenvalue weighted by molar-refractivity contribution is 8.00. The Morgan fingerprint density at radius 3 is 2.57 bits per heavy atom. The molecule has 3 N–H and O–H groups in total. The van der Waals surface area contributed by atoms with Crippen LogP contribution in [-0.4, -0.2) is 65.9 Å². The second-order valence-electron chi connectivity index (χ2n) is 8.70. The van der Waals surface area contributed by atoms with Gasteiger partial charge >= 0.3 is 5.97 Å². The van der Waals surface area contributed by atoms with Gasteiger partial charge in [-0.2, -0.15) is 0 Å². The van der Waals surface area contributed by atoms with E-state index in [2.05, 4.69) is 20.9 Å². The van der Waals surface area contributed by atoms with Gasteiger partial charge in [0.25, 0.3) is 5.91 Å². The SMILES string of the molecule is CC1=C(C(=O)O)N2C(=O)C(NC(=O)C(NC(=O)Cc3cn(C(C)C)nn3)c3ccccc3)C2SC1. The maximum absolute atomic E-state index is 13.3. The Morgan fingerprint density at radius 1 is 1.23 bits per heavy atom. The fourth-order valence-corrected chi connectivity index (χ4v) is 5.27. The molecule has 12 heteroatoms. The van der Waals surface area contributed by atoms with E-state index >= 15 is 0 Å². The first kappa shape index (κ1) is 24.5. The number of hydrogen-bond acceptors (Lipinski definition) is 7. The van der Waals surface area contributed by atoms with Gasteiger partial charge < -0.3 is 15.7 Å². The molecule has 1 saturated heterocycles. The molecule has 0 radical (unpaired) electrons. The summed E-state index contributed by atoms with van der Waals surface area (Å²) in [4.78, 5) is 51.6. The molecule has 11 nitrogen and oxygen atoms in total. The molecule has 4 rings (SSSR count). The summed E-state index contributed by atoms with van der Waals surface area (Å²) in [6.07, 6.45) is 1.61. The molecule has 184 valence electrons. The fraction of sp³-hybridized carbons (Fsp3) is 0.391. The largest absolute Gasteiger partial charge is 0.477 e. The first-order valence-electron chi connectivity index (χ1n) is 11.1. The Kier molecular flexibility index (Phi) is 6.92. The third kappa shape index (κ3) is 4.92. The Labute approximate surface area is 205 Å². The molecule has 3 heterocycles. The number of aromatic nitrogens is 3. The minimum absolute atomic E-state index is 0.0356. The molecule has 0 aliphatic carbocycles. The number of β-lactam (4-membered cyclic amide) rings is 1. The van der Waals surface area contributed by atoms with E-state index in [0.717, 1.165) is 0 Å². The Hall–Kier alpha value is -3.67. The van der Waals surface area contributed by atoms with Crippen molar-refractivity contribution in [2.24, 2.45) is 0 Å². The number of carbonyl (C=O) groups excluding carboxylic acids is 3. The lowest BCUT2D eigenvalue weighted by Gasteiger charge is -2.49. The van der Waals surface area contributed by atoms with Crippen molar-refractivity contribution in [3.8, 4) is 0 Å². The van der Waals surface area contributed by atoms with Gasteiger partial charge in [0.1, 0.15) is 23.2 Å². The number of fused-ring (bicyclic) bond motifs is 1. The number of carbonyl (C=O) groups is 4. The molecule has 0 spiro atoms. The number of carboxylic acids is 1. The highest BCUT2D eigenvalue weighted by Crippen LogP contribution is 2.40. The fourth-order valence-electron chi connectivity index (χ4n) is 3.98. The normalized spacial score (nSPS) is 20.2. The summed E-state index contributed by atoms with van der Waals surface area (Å²) in [5.74, 6) is -2.20. The van der Waals surface area contributed by atoms with E-state index in [9.17, 15) is 24.3 Å². The first-order valence-corrected chi connectivity index (χ1v) is 12.2. The second kappa shape index (κ2) is 9.90. The number of amides is 3.